The third-order valence-corrected chi connectivity index (χ3v) is 3.06. The molecule has 20 heavy (non-hydrogen) atoms. The summed E-state index contributed by atoms with van der Waals surface area (Å²) in [6, 6.07) is 0.859. The minimum absolute atomic E-state index is 0.148. The monoisotopic (exact) mass is 283 g/mol. The van der Waals surface area contributed by atoms with Gasteiger partial charge in [-0.05, 0) is 0 Å². The minimum Gasteiger partial charge on any atom is -0.369 e. The zero-order valence-corrected chi connectivity index (χ0v) is 10.7. The molecular formula is C11H14FN5O3. The van der Waals surface area contributed by atoms with E-state index < -0.39 is 16.6 Å². The number of carbonyl (C=O) groups excluding carboxylic acids is 1. The smallest absolute Gasteiger partial charge is 0.314 e. The van der Waals surface area contributed by atoms with Crippen LogP contribution >= 0.6 is 0 Å². The molecule has 2 heterocycles. The lowest BCUT2D eigenvalue weighted by atomic mass is 10.2. The number of aromatic nitrogens is 1. The summed E-state index contributed by atoms with van der Waals surface area (Å²) in [6.07, 6.45) is 0.956. The average molecular weight is 283 g/mol. The minimum atomic E-state index is -0.743. The van der Waals surface area contributed by atoms with Crippen LogP contribution in [0.5, 0.6) is 0 Å². The summed E-state index contributed by atoms with van der Waals surface area (Å²) in [4.78, 5) is 28.5. The molecule has 0 atom stereocenters. The Labute approximate surface area is 114 Å². The number of pyridine rings is 1. The van der Waals surface area contributed by atoms with Gasteiger partial charge in [-0.15, -0.1) is 0 Å². The Morgan fingerprint density at radius 3 is 2.65 bits per heavy atom. The van der Waals surface area contributed by atoms with Crippen molar-refractivity contribution in [3.05, 3.63) is 28.2 Å². The number of nitro groups is 1. The maximum absolute atomic E-state index is 13.0. The number of anilines is 1. The third-order valence-electron chi connectivity index (χ3n) is 3.06. The van der Waals surface area contributed by atoms with Crippen LogP contribution < -0.4 is 10.6 Å². The van der Waals surface area contributed by atoms with Gasteiger partial charge >= 0.3 is 5.69 Å². The predicted molar refractivity (Wildman–Crippen MR) is 68.7 cm³/mol. The van der Waals surface area contributed by atoms with Gasteiger partial charge < -0.3 is 10.6 Å². The number of piperazine rings is 1. The largest absolute Gasteiger partial charge is 0.369 e. The first-order chi connectivity index (χ1) is 9.47. The van der Waals surface area contributed by atoms with E-state index in [1.165, 1.54) is 0 Å². The summed E-state index contributed by atoms with van der Waals surface area (Å²) in [5, 5.41) is 10.9. The molecule has 1 aliphatic heterocycles. The molecule has 2 rings (SSSR count). The van der Waals surface area contributed by atoms with Crippen molar-refractivity contribution in [2.24, 2.45) is 5.73 Å². The molecule has 0 spiro atoms. The van der Waals surface area contributed by atoms with E-state index >= 15 is 0 Å². The number of carbonyl (C=O) groups is 1. The molecule has 1 aromatic rings. The molecule has 8 nitrogen and oxygen atoms in total. The average Bonchev–Trinajstić information content (AvgIpc) is 2.39. The molecule has 0 radical (unpaired) electrons. The second kappa shape index (κ2) is 5.78. The Hall–Kier alpha value is -2.29. The fraction of sp³-hybridized carbons (Fsp3) is 0.455. The van der Waals surface area contributed by atoms with Crippen molar-refractivity contribution in [1.29, 1.82) is 0 Å². The number of rotatable bonds is 4. The fourth-order valence-corrected chi connectivity index (χ4v) is 2.14. The molecule has 2 N–H and O–H groups in total. The molecule has 0 unspecified atom stereocenters. The van der Waals surface area contributed by atoms with Gasteiger partial charge in [-0.3, -0.25) is 19.8 Å². The van der Waals surface area contributed by atoms with E-state index in [1.807, 2.05) is 4.90 Å². The Kier molecular flexibility index (Phi) is 4.08. The van der Waals surface area contributed by atoms with Crippen molar-refractivity contribution in [3.8, 4) is 0 Å². The maximum Gasteiger partial charge on any atom is 0.314 e. The molecule has 0 bridgehead atoms. The van der Waals surface area contributed by atoms with E-state index in [2.05, 4.69) is 4.98 Å². The first kappa shape index (κ1) is 14.1. The Bertz CT molecular complexity index is 531. The molecule has 1 amide bonds. The Morgan fingerprint density at radius 2 is 2.10 bits per heavy atom. The third kappa shape index (κ3) is 3.18. The number of halogens is 1. The van der Waals surface area contributed by atoms with Gasteiger partial charge in [0.15, 0.2) is 0 Å². The predicted octanol–water partition coefficient (Wildman–Crippen LogP) is -0.264. The molecule has 1 aliphatic rings. The van der Waals surface area contributed by atoms with Crippen molar-refractivity contribution < 1.29 is 14.1 Å². The van der Waals surface area contributed by atoms with E-state index in [0.717, 1.165) is 12.3 Å². The van der Waals surface area contributed by atoms with E-state index in [4.69, 9.17) is 5.73 Å². The molecule has 9 heteroatoms. The van der Waals surface area contributed by atoms with Crippen LogP contribution in [0, 0.1) is 15.9 Å². The molecular weight excluding hydrogens is 269 g/mol. The van der Waals surface area contributed by atoms with Crippen LogP contribution in [0.2, 0.25) is 0 Å². The van der Waals surface area contributed by atoms with Crippen molar-refractivity contribution >= 4 is 17.4 Å². The molecule has 0 aliphatic carbocycles. The van der Waals surface area contributed by atoms with Crippen LogP contribution in [0.1, 0.15) is 0 Å². The molecule has 1 saturated heterocycles. The highest BCUT2D eigenvalue weighted by Gasteiger charge is 2.26. The van der Waals surface area contributed by atoms with E-state index in [0.29, 0.717) is 26.2 Å². The van der Waals surface area contributed by atoms with Gasteiger partial charge in [0.2, 0.25) is 11.7 Å². The van der Waals surface area contributed by atoms with E-state index in [1.54, 1.807) is 4.90 Å². The van der Waals surface area contributed by atoms with Gasteiger partial charge in [-0.2, -0.15) is 0 Å². The number of hydrogen-bond acceptors (Lipinski definition) is 6. The zero-order chi connectivity index (χ0) is 14.7. The van der Waals surface area contributed by atoms with Crippen LogP contribution in [0.4, 0.5) is 15.9 Å². The summed E-state index contributed by atoms with van der Waals surface area (Å²) in [7, 11) is 0. The quantitative estimate of drug-likeness (QED) is 0.602. The zero-order valence-electron chi connectivity index (χ0n) is 10.7. The van der Waals surface area contributed by atoms with Gasteiger partial charge in [-0.25, -0.2) is 9.37 Å². The second-order valence-electron chi connectivity index (χ2n) is 4.48. The lowest BCUT2D eigenvalue weighted by Gasteiger charge is -2.34. The van der Waals surface area contributed by atoms with E-state index in [-0.39, 0.29) is 18.1 Å². The van der Waals surface area contributed by atoms with E-state index in [9.17, 15) is 19.3 Å². The first-order valence-electron chi connectivity index (χ1n) is 6.03. The summed E-state index contributed by atoms with van der Waals surface area (Å²) >= 11 is 0. The maximum atomic E-state index is 13.0. The SMILES string of the molecule is NC(=O)CN1CCN(c2ncc(F)cc2[N+](=O)[O-])CC1. The standard InChI is InChI=1S/C11H14FN5O3/c12-8-5-9(17(19)20)11(14-6-8)16-3-1-15(2-4-16)7-10(13)18/h5-6H,1-4,7H2,(H2,13,18). The molecule has 1 fully saturated rings. The van der Waals surface area contributed by atoms with Gasteiger partial charge in [0.25, 0.3) is 0 Å². The summed E-state index contributed by atoms with van der Waals surface area (Å²) in [6.45, 7) is 2.17. The van der Waals surface area contributed by atoms with Crippen molar-refractivity contribution in [2.45, 2.75) is 0 Å². The highest BCUT2D eigenvalue weighted by atomic mass is 19.1. The first-order valence-corrected chi connectivity index (χ1v) is 6.03. The van der Waals surface area contributed by atoms with Crippen LogP contribution in [0.25, 0.3) is 0 Å². The second-order valence-corrected chi connectivity index (χ2v) is 4.48. The number of hydrogen-bond donors (Lipinski definition) is 1. The van der Waals surface area contributed by atoms with Crippen molar-refractivity contribution in [3.63, 3.8) is 0 Å². The Morgan fingerprint density at radius 1 is 1.45 bits per heavy atom. The highest BCUT2D eigenvalue weighted by Crippen LogP contribution is 2.26. The summed E-state index contributed by atoms with van der Waals surface area (Å²) < 4.78 is 13.0. The van der Waals surface area contributed by atoms with Crippen LogP contribution in [-0.2, 0) is 4.79 Å². The van der Waals surface area contributed by atoms with Crippen LogP contribution in [0.15, 0.2) is 12.3 Å². The normalized spacial score (nSPS) is 16.1. The van der Waals surface area contributed by atoms with Gasteiger partial charge in [0, 0.05) is 26.2 Å². The molecule has 1 aromatic heterocycles. The summed E-state index contributed by atoms with van der Waals surface area (Å²) in [5.74, 6) is -1.01. The topological polar surface area (TPSA) is 106 Å². The van der Waals surface area contributed by atoms with Crippen molar-refractivity contribution in [2.75, 3.05) is 37.6 Å². The lowest BCUT2D eigenvalue weighted by molar-refractivity contribution is -0.384. The van der Waals surface area contributed by atoms with Crippen LogP contribution in [-0.4, -0.2) is 53.4 Å². The Balaban J connectivity index is 2.11. The van der Waals surface area contributed by atoms with Gasteiger partial charge in [0.05, 0.1) is 23.7 Å². The van der Waals surface area contributed by atoms with Crippen LogP contribution in [0.3, 0.4) is 0 Å². The lowest BCUT2D eigenvalue weighted by Crippen LogP contribution is -2.49. The van der Waals surface area contributed by atoms with Crippen molar-refractivity contribution in [1.82, 2.24) is 9.88 Å². The molecule has 0 saturated carbocycles. The number of nitrogens with zero attached hydrogens (tertiary/aromatic N) is 4. The van der Waals surface area contributed by atoms with Gasteiger partial charge in [0.1, 0.15) is 5.82 Å². The fourth-order valence-electron chi connectivity index (χ4n) is 2.14. The highest BCUT2D eigenvalue weighted by molar-refractivity contribution is 5.76. The molecule has 0 aromatic carbocycles. The number of primary amides is 1. The number of amides is 1. The van der Waals surface area contributed by atoms with Gasteiger partial charge in [-0.1, -0.05) is 0 Å². The molecule has 108 valence electrons. The number of nitrogens with two attached hydrogens (primary N) is 1. The summed E-state index contributed by atoms with van der Waals surface area (Å²) in [5.41, 5.74) is 4.76.